The Labute approximate surface area is 351 Å². The van der Waals surface area contributed by atoms with Gasteiger partial charge in [0.05, 0.1) is 13.2 Å². The van der Waals surface area contributed by atoms with Crippen LogP contribution >= 0.6 is 7.82 Å². The molecule has 0 fully saturated rings. The van der Waals surface area contributed by atoms with E-state index in [1.54, 1.807) is 0 Å². The highest BCUT2D eigenvalue weighted by Gasteiger charge is 2.26. The maximum absolute atomic E-state index is 12.6. The summed E-state index contributed by atoms with van der Waals surface area (Å²) in [5.41, 5.74) is 5.36. The molecule has 2 atom stereocenters. The summed E-state index contributed by atoms with van der Waals surface area (Å²) in [5, 5.41) is 0. The van der Waals surface area contributed by atoms with E-state index >= 15 is 0 Å². The molecule has 57 heavy (non-hydrogen) atoms. The van der Waals surface area contributed by atoms with E-state index in [-0.39, 0.29) is 38.6 Å². The molecular formula is C47H90NO8P. The van der Waals surface area contributed by atoms with Crippen LogP contribution in [0.15, 0.2) is 24.3 Å². The first kappa shape index (κ1) is 55.5. The molecule has 0 spiro atoms. The standard InChI is InChI=1S/C47H90NO8P/c1-3-5-7-9-11-13-15-17-19-21-22-24-25-27-29-31-33-35-37-39-46(49)53-43-45(44-55-57(51,52)54-42-41-48)56-47(50)40-38-36-34-32-30-28-26-23-20-18-16-14-12-10-8-6-4-2/h12,14,18,20,45H,3-11,13,15-17,19,21-44,48H2,1-2H3,(H,51,52)/b14-12+,20-18+/t45-/m1/s1. The van der Waals surface area contributed by atoms with Crippen molar-refractivity contribution in [2.24, 2.45) is 5.73 Å². The molecule has 9 nitrogen and oxygen atoms in total. The number of hydrogen-bond donors (Lipinski definition) is 2. The van der Waals surface area contributed by atoms with Gasteiger partial charge in [-0.1, -0.05) is 199 Å². The Balaban J connectivity index is 4.07. The lowest BCUT2D eigenvalue weighted by atomic mass is 10.0. The Bertz CT molecular complexity index is 990. The summed E-state index contributed by atoms with van der Waals surface area (Å²) in [5.74, 6) is -0.826. The van der Waals surface area contributed by atoms with Crippen molar-refractivity contribution in [1.82, 2.24) is 0 Å². The lowest BCUT2D eigenvalue weighted by Gasteiger charge is -2.19. The van der Waals surface area contributed by atoms with Gasteiger partial charge in [0.1, 0.15) is 6.61 Å². The molecule has 0 aliphatic carbocycles. The Morgan fingerprint density at radius 3 is 1.37 bits per heavy atom. The van der Waals surface area contributed by atoms with Crippen LogP contribution in [0.4, 0.5) is 0 Å². The minimum absolute atomic E-state index is 0.0537. The van der Waals surface area contributed by atoms with Crippen LogP contribution in [0.3, 0.4) is 0 Å². The number of ether oxygens (including phenoxy) is 2. The Morgan fingerprint density at radius 2 is 0.912 bits per heavy atom. The smallest absolute Gasteiger partial charge is 0.462 e. The van der Waals surface area contributed by atoms with E-state index in [4.69, 9.17) is 24.3 Å². The third kappa shape index (κ3) is 43.9. The van der Waals surface area contributed by atoms with Gasteiger partial charge in [-0.25, -0.2) is 4.57 Å². The molecule has 0 heterocycles. The predicted octanol–water partition coefficient (Wildman–Crippen LogP) is 13.9. The molecule has 0 aromatic carbocycles. The van der Waals surface area contributed by atoms with Gasteiger partial charge in [-0.05, 0) is 44.9 Å². The number of carbonyl (C=O) groups excluding carboxylic acids is 2. The first-order chi connectivity index (χ1) is 27.8. The molecular weight excluding hydrogens is 737 g/mol. The second-order valence-electron chi connectivity index (χ2n) is 16.0. The lowest BCUT2D eigenvalue weighted by Crippen LogP contribution is -2.29. The van der Waals surface area contributed by atoms with Crippen molar-refractivity contribution < 1.29 is 37.6 Å². The largest absolute Gasteiger partial charge is 0.472 e. The lowest BCUT2D eigenvalue weighted by molar-refractivity contribution is -0.161. The molecule has 1 unspecified atom stereocenters. The van der Waals surface area contributed by atoms with Gasteiger partial charge < -0.3 is 20.1 Å². The van der Waals surface area contributed by atoms with Gasteiger partial charge in [0.25, 0.3) is 0 Å². The number of carbonyl (C=O) groups is 2. The van der Waals surface area contributed by atoms with Gasteiger partial charge >= 0.3 is 19.8 Å². The topological polar surface area (TPSA) is 134 Å². The molecule has 0 saturated heterocycles. The van der Waals surface area contributed by atoms with E-state index in [9.17, 15) is 19.0 Å². The second kappa shape index (κ2) is 44.1. The van der Waals surface area contributed by atoms with E-state index in [0.29, 0.717) is 6.42 Å². The van der Waals surface area contributed by atoms with Gasteiger partial charge in [0, 0.05) is 19.4 Å². The number of hydrogen-bond acceptors (Lipinski definition) is 8. The van der Waals surface area contributed by atoms with Crippen LogP contribution in [0.25, 0.3) is 0 Å². The SMILES string of the molecule is CCCCC/C=C/C/C=C/CCCCCCCCCC(=O)O[C@H](COC(=O)CCCCCCCCCCCCCCCCCCCCC)COP(=O)(O)OCCN. The summed E-state index contributed by atoms with van der Waals surface area (Å²) in [6.45, 7) is 3.74. The molecule has 0 aromatic rings. The Kier molecular flexibility index (Phi) is 42.9. The number of phosphoric acid groups is 1. The highest BCUT2D eigenvalue weighted by molar-refractivity contribution is 7.47. The highest BCUT2D eigenvalue weighted by atomic mass is 31.2. The van der Waals surface area contributed by atoms with Crippen molar-refractivity contribution in [3.8, 4) is 0 Å². The Morgan fingerprint density at radius 1 is 0.526 bits per heavy atom. The quantitative estimate of drug-likeness (QED) is 0.0266. The van der Waals surface area contributed by atoms with Crippen LogP contribution in [0, 0.1) is 0 Å². The molecule has 336 valence electrons. The normalized spacial score (nSPS) is 13.4. The Hall–Kier alpha value is -1.51. The van der Waals surface area contributed by atoms with Crippen LogP contribution < -0.4 is 5.73 Å². The second-order valence-corrected chi connectivity index (χ2v) is 17.4. The molecule has 0 rings (SSSR count). The number of rotatable bonds is 45. The van der Waals surface area contributed by atoms with E-state index < -0.39 is 26.5 Å². The fourth-order valence-electron chi connectivity index (χ4n) is 6.78. The molecule has 10 heteroatoms. The summed E-state index contributed by atoms with van der Waals surface area (Å²) in [6, 6.07) is 0. The van der Waals surface area contributed by atoms with E-state index in [1.165, 1.54) is 148 Å². The van der Waals surface area contributed by atoms with Crippen LogP contribution in [0.2, 0.25) is 0 Å². The van der Waals surface area contributed by atoms with Gasteiger partial charge in [0.15, 0.2) is 6.10 Å². The summed E-state index contributed by atoms with van der Waals surface area (Å²) < 4.78 is 32.9. The van der Waals surface area contributed by atoms with Crippen LogP contribution in [-0.4, -0.2) is 49.3 Å². The first-order valence-electron chi connectivity index (χ1n) is 23.8. The molecule has 0 saturated carbocycles. The summed E-state index contributed by atoms with van der Waals surface area (Å²) in [6.07, 6.45) is 47.8. The third-order valence-corrected chi connectivity index (χ3v) is 11.3. The summed E-state index contributed by atoms with van der Waals surface area (Å²) in [7, 11) is -4.38. The van der Waals surface area contributed by atoms with Crippen molar-refractivity contribution in [3.63, 3.8) is 0 Å². The number of esters is 2. The number of allylic oxidation sites excluding steroid dienone is 4. The fourth-order valence-corrected chi connectivity index (χ4v) is 7.55. The first-order valence-corrected chi connectivity index (χ1v) is 25.3. The third-order valence-electron chi connectivity index (χ3n) is 10.3. The van der Waals surface area contributed by atoms with E-state index in [2.05, 4.69) is 38.2 Å². The van der Waals surface area contributed by atoms with Gasteiger partial charge in [-0.2, -0.15) is 0 Å². The van der Waals surface area contributed by atoms with E-state index in [0.717, 1.165) is 51.4 Å². The minimum Gasteiger partial charge on any atom is -0.462 e. The molecule has 3 N–H and O–H groups in total. The molecule has 0 radical (unpaired) electrons. The zero-order chi connectivity index (χ0) is 41.8. The van der Waals surface area contributed by atoms with Gasteiger partial charge in [0.2, 0.25) is 0 Å². The zero-order valence-corrected chi connectivity index (χ0v) is 38.0. The average molecular weight is 828 g/mol. The fraction of sp³-hybridized carbons (Fsp3) is 0.872. The molecule has 0 amide bonds. The summed E-state index contributed by atoms with van der Waals surface area (Å²) >= 11 is 0. The monoisotopic (exact) mass is 828 g/mol. The van der Waals surface area contributed by atoms with Crippen molar-refractivity contribution in [2.75, 3.05) is 26.4 Å². The molecule has 0 aliphatic heterocycles. The number of nitrogens with two attached hydrogens (primary N) is 1. The zero-order valence-electron chi connectivity index (χ0n) is 37.1. The van der Waals surface area contributed by atoms with Crippen molar-refractivity contribution >= 4 is 19.8 Å². The molecule has 0 aliphatic rings. The van der Waals surface area contributed by atoms with Crippen LogP contribution in [-0.2, 0) is 32.7 Å². The minimum atomic E-state index is -4.38. The van der Waals surface area contributed by atoms with Crippen molar-refractivity contribution in [3.05, 3.63) is 24.3 Å². The predicted molar refractivity (Wildman–Crippen MR) is 238 cm³/mol. The summed E-state index contributed by atoms with van der Waals surface area (Å²) in [4.78, 5) is 35.0. The number of phosphoric ester groups is 1. The molecule has 0 bridgehead atoms. The van der Waals surface area contributed by atoms with Crippen LogP contribution in [0.5, 0.6) is 0 Å². The maximum Gasteiger partial charge on any atom is 0.472 e. The highest BCUT2D eigenvalue weighted by Crippen LogP contribution is 2.43. The van der Waals surface area contributed by atoms with Crippen LogP contribution in [0.1, 0.15) is 232 Å². The maximum atomic E-state index is 12.6. The average Bonchev–Trinajstić information content (AvgIpc) is 3.20. The van der Waals surface area contributed by atoms with Gasteiger partial charge in [-0.3, -0.25) is 18.6 Å². The van der Waals surface area contributed by atoms with Crippen molar-refractivity contribution in [2.45, 2.75) is 238 Å². The van der Waals surface area contributed by atoms with E-state index in [1.807, 2.05) is 0 Å². The molecule has 0 aromatic heterocycles. The number of unbranched alkanes of at least 4 members (excludes halogenated alkanes) is 28. The van der Waals surface area contributed by atoms with Gasteiger partial charge in [-0.15, -0.1) is 0 Å². The van der Waals surface area contributed by atoms with Crippen molar-refractivity contribution in [1.29, 1.82) is 0 Å².